The number of carboxylic acid groups (broad SMARTS) is 1. The topological polar surface area (TPSA) is 61.8 Å². The SMILES string of the molecule is COc1ccc2c(c1)C(N1CCNCC1C(=O)O)CCC2. The molecule has 1 aromatic rings. The molecule has 2 N–H and O–H groups in total. The van der Waals surface area contributed by atoms with Crippen LogP contribution in [0.15, 0.2) is 18.2 Å². The molecule has 5 nitrogen and oxygen atoms in total. The molecule has 0 aromatic heterocycles. The second-order valence-corrected chi connectivity index (χ2v) is 5.77. The highest BCUT2D eigenvalue weighted by atomic mass is 16.5. The smallest absolute Gasteiger partial charge is 0.322 e. The number of piperazine rings is 1. The first-order valence-electron chi connectivity index (χ1n) is 7.57. The first-order chi connectivity index (χ1) is 10.2. The summed E-state index contributed by atoms with van der Waals surface area (Å²) in [5.74, 6) is 0.111. The van der Waals surface area contributed by atoms with Crippen LogP contribution >= 0.6 is 0 Å². The van der Waals surface area contributed by atoms with E-state index < -0.39 is 12.0 Å². The van der Waals surface area contributed by atoms with Gasteiger partial charge in [-0.25, -0.2) is 0 Å². The van der Waals surface area contributed by atoms with E-state index in [4.69, 9.17) is 4.74 Å². The van der Waals surface area contributed by atoms with Gasteiger partial charge in [0.15, 0.2) is 0 Å². The lowest BCUT2D eigenvalue weighted by Crippen LogP contribution is -2.56. The Labute approximate surface area is 124 Å². The Hall–Kier alpha value is -1.59. The van der Waals surface area contributed by atoms with E-state index in [0.29, 0.717) is 6.54 Å². The van der Waals surface area contributed by atoms with E-state index in [2.05, 4.69) is 22.3 Å². The van der Waals surface area contributed by atoms with Crippen molar-refractivity contribution < 1.29 is 14.6 Å². The molecule has 1 saturated heterocycles. The van der Waals surface area contributed by atoms with Crippen LogP contribution in [0.4, 0.5) is 0 Å². The third kappa shape index (κ3) is 2.76. The lowest BCUT2D eigenvalue weighted by Gasteiger charge is -2.42. The molecule has 1 aromatic carbocycles. The molecular formula is C16H22N2O3. The van der Waals surface area contributed by atoms with Gasteiger partial charge in [-0.05, 0) is 42.5 Å². The van der Waals surface area contributed by atoms with Crippen LogP contribution in [0.5, 0.6) is 5.75 Å². The van der Waals surface area contributed by atoms with Crippen molar-refractivity contribution in [1.82, 2.24) is 10.2 Å². The fraction of sp³-hybridized carbons (Fsp3) is 0.562. The van der Waals surface area contributed by atoms with Crippen LogP contribution in [0.2, 0.25) is 0 Å². The van der Waals surface area contributed by atoms with Crippen LogP contribution in [0.25, 0.3) is 0 Å². The third-order valence-corrected chi connectivity index (χ3v) is 4.61. The first-order valence-corrected chi connectivity index (χ1v) is 7.57. The molecular weight excluding hydrogens is 268 g/mol. The van der Waals surface area contributed by atoms with Crippen molar-refractivity contribution in [3.8, 4) is 5.75 Å². The van der Waals surface area contributed by atoms with Crippen LogP contribution < -0.4 is 10.1 Å². The molecule has 3 rings (SSSR count). The zero-order chi connectivity index (χ0) is 14.8. The molecule has 1 heterocycles. The van der Waals surface area contributed by atoms with Crippen LogP contribution in [-0.4, -0.2) is 48.8 Å². The van der Waals surface area contributed by atoms with Crippen molar-refractivity contribution in [1.29, 1.82) is 0 Å². The van der Waals surface area contributed by atoms with Gasteiger partial charge in [0.1, 0.15) is 11.8 Å². The summed E-state index contributed by atoms with van der Waals surface area (Å²) >= 11 is 0. The summed E-state index contributed by atoms with van der Waals surface area (Å²) in [7, 11) is 1.67. The summed E-state index contributed by atoms with van der Waals surface area (Å²) in [5.41, 5.74) is 2.57. The lowest BCUT2D eigenvalue weighted by molar-refractivity contribution is -0.145. The quantitative estimate of drug-likeness (QED) is 0.882. The van der Waals surface area contributed by atoms with Crippen molar-refractivity contribution in [3.63, 3.8) is 0 Å². The summed E-state index contributed by atoms with van der Waals surface area (Å²) < 4.78 is 5.34. The average Bonchev–Trinajstić information content (AvgIpc) is 2.53. The fourth-order valence-corrected chi connectivity index (χ4v) is 3.55. The van der Waals surface area contributed by atoms with Crippen LogP contribution in [0.1, 0.15) is 30.0 Å². The number of ether oxygens (including phenoxy) is 1. The number of nitrogens with zero attached hydrogens (tertiary/aromatic N) is 1. The number of nitrogens with one attached hydrogen (secondary N) is 1. The summed E-state index contributed by atoms with van der Waals surface area (Å²) in [6.45, 7) is 2.14. The highest BCUT2D eigenvalue weighted by molar-refractivity contribution is 5.74. The van der Waals surface area contributed by atoms with E-state index in [-0.39, 0.29) is 6.04 Å². The Balaban J connectivity index is 1.94. The molecule has 0 saturated carbocycles. The van der Waals surface area contributed by atoms with Gasteiger partial charge >= 0.3 is 5.97 Å². The van der Waals surface area contributed by atoms with Crippen molar-refractivity contribution >= 4 is 5.97 Å². The Bertz CT molecular complexity index is 532. The van der Waals surface area contributed by atoms with Gasteiger partial charge in [0, 0.05) is 25.7 Å². The van der Waals surface area contributed by atoms with Crippen LogP contribution in [0.3, 0.4) is 0 Å². The molecule has 2 atom stereocenters. The normalized spacial score (nSPS) is 26.1. The maximum absolute atomic E-state index is 11.5. The second-order valence-electron chi connectivity index (χ2n) is 5.77. The van der Waals surface area contributed by atoms with Crippen molar-refractivity contribution in [2.75, 3.05) is 26.7 Å². The number of rotatable bonds is 3. The second kappa shape index (κ2) is 6.03. The highest BCUT2D eigenvalue weighted by Gasteiger charge is 2.36. The first kappa shape index (κ1) is 14.4. The summed E-state index contributed by atoms with van der Waals surface area (Å²) in [6, 6.07) is 5.94. The molecule has 0 radical (unpaired) electrons. The number of hydrogen-bond acceptors (Lipinski definition) is 4. The monoisotopic (exact) mass is 290 g/mol. The van der Waals surface area contributed by atoms with Gasteiger partial charge in [-0.1, -0.05) is 6.07 Å². The van der Waals surface area contributed by atoms with E-state index in [1.54, 1.807) is 7.11 Å². The molecule has 1 aliphatic heterocycles. The van der Waals surface area contributed by atoms with Crippen molar-refractivity contribution in [3.05, 3.63) is 29.3 Å². The van der Waals surface area contributed by atoms with E-state index >= 15 is 0 Å². The standard InChI is InChI=1S/C16H22N2O3/c1-21-12-6-5-11-3-2-4-14(13(11)9-12)18-8-7-17-10-15(18)16(19)20/h5-6,9,14-15,17H,2-4,7-8,10H2,1H3,(H,19,20). The Morgan fingerprint density at radius 2 is 2.33 bits per heavy atom. The third-order valence-electron chi connectivity index (χ3n) is 4.61. The number of benzene rings is 1. The largest absolute Gasteiger partial charge is 0.497 e. The molecule has 2 aliphatic rings. The number of methoxy groups -OCH3 is 1. The number of fused-ring (bicyclic) bond motifs is 1. The minimum atomic E-state index is -0.739. The Kier molecular flexibility index (Phi) is 4.12. The van der Waals surface area contributed by atoms with Gasteiger partial charge in [-0.15, -0.1) is 0 Å². The van der Waals surface area contributed by atoms with Gasteiger partial charge < -0.3 is 15.2 Å². The summed E-state index contributed by atoms with van der Waals surface area (Å²) in [6.07, 6.45) is 3.20. The average molecular weight is 290 g/mol. The van der Waals surface area contributed by atoms with Crippen LogP contribution in [-0.2, 0) is 11.2 Å². The number of aryl methyl sites for hydroxylation is 1. The Morgan fingerprint density at radius 3 is 3.10 bits per heavy atom. The minimum absolute atomic E-state index is 0.187. The van der Waals surface area contributed by atoms with Crippen LogP contribution in [0, 0.1) is 0 Å². The molecule has 2 unspecified atom stereocenters. The van der Waals surface area contributed by atoms with E-state index in [1.165, 1.54) is 11.1 Å². The van der Waals surface area contributed by atoms with Crippen molar-refractivity contribution in [2.45, 2.75) is 31.3 Å². The molecule has 21 heavy (non-hydrogen) atoms. The predicted molar refractivity (Wildman–Crippen MR) is 79.7 cm³/mol. The molecule has 0 spiro atoms. The number of carboxylic acids is 1. The molecule has 1 aliphatic carbocycles. The zero-order valence-corrected chi connectivity index (χ0v) is 12.3. The van der Waals surface area contributed by atoms with E-state index in [1.807, 2.05) is 6.07 Å². The Morgan fingerprint density at radius 1 is 1.48 bits per heavy atom. The molecule has 1 fully saturated rings. The van der Waals surface area contributed by atoms with Gasteiger partial charge in [0.2, 0.25) is 0 Å². The van der Waals surface area contributed by atoms with Gasteiger partial charge in [0.25, 0.3) is 0 Å². The summed E-state index contributed by atoms with van der Waals surface area (Å²) in [5, 5.41) is 12.7. The van der Waals surface area contributed by atoms with E-state index in [0.717, 1.165) is 38.1 Å². The van der Waals surface area contributed by atoms with Crippen molar-refractivity contribution in [2.24, 2.45) is 0 Å². The van der Waals surface area contributed by atoms with E-state index in [9.17, 15) is 9.90 Å². The molecule has 114 valence electrons. The summed E-state index contributed by atoms with van der Waals surface area (Å²) in [4.78, 5) is 13.7. The maximum atomic E-state index is 11.5. The zero-order valence-electron chi connectivity index (χ0n) is 12.3. The minimum Gasteiger partial charge on any atom is -0.497 e. The molecule has 0 bridgehead atoms. The van der Waals surface area contributed by atoms with Gasteiger partial charge in [-0.3, -0.25) is 9.69 Å². The predicted octanol–water partition coefficient (Wildman–Crippen LogP) is 1.43. The highest BCUT2D eigenvalue weighted by Crippen LogP contribution is 2.37. The molecule has 0 amide bonds. The number of carbonyl (C=O) groups is 1. The van der Waals surface area contributed by atoms with Gasteiger partial charge in [-0.2, -0.15) is 0 Å². The lowest BCUT2D eigenvalue weighted by atomic mass is 9.85. The number of hydrogen-bond donors (Lipinski definition) is 2. The van der Waals surface area contributed by atoms with Gasteiger partial charge in [0.05, 0.1) is 7.11 Å². The fourth-order valence-electron chi connectivity index (χ4n) is 3.55. The maximum Gasteiger partial charge on any atom is 0.322 e. The number of aliphatic carboxylic acids is 1. The molecule has 5 heteroatoms.